The maximum absolute atomic E-state index is 4.91. The molecular formula is C21H24N4. The summed E-state index contributed by atoms with van der Waals surface area (Å²) in [4.78, 5) is 14.1. The topological polar surface area (TPSA) is 32.3 Å². The summed E-state index contributed by atoms with van der Waals surface area (Å²) in [6.07, 6.45) is 3.04. The van der Waals surface area contributed by atoms with Crippen LogP contribution in [0.5, 0.6) is 0 Å². The zero-order chi connectivity index (χ0) is 17.2. The van der Waals surface area contributed by atoms with E-state index in [9.17, 15) is 0 Å². The van der Waals surface area contributed by atoms with Gasteiger partial charge in [-0.2, -0.15) is 0 Å². The van der Waals surface area contributed by atoms with E-state index in [1.807, 2.05) is 6.20 Å². The third-order valence-electron chi connectivity index (χ3n) is 4.97. The lowest BCUT2D eigenvalue weighted by Crippen LogP contribution is -2.31. The third kappa shape index (κ3) is 3.29. The van der Waals surface area contributed by atoms with Gasteiger partial charge in [-0.15, -0.1) is 0 Å². The monoisotopic (exact) mass is 332 g/mol. The van der Waals surface area contributed by atoms with E-state index in [2.05, 4.69) is 71.1 Å². The van der Waals surface area contributed by atoms with Gasteiger partial charge < -0.3 is 9.80 Å². The molecule has 1 aliphatic rings. The Morgan fingerprint density at radius 3 is 2.56 bits per heavy atom. The first-order valence-electron chi connectivity index (χ1n) is 9.00. The molecule has 1 aliphatic heterocycles. The van der Waals surface area contributed by atoms with Gasteiger partial charge in [-0.05, 0) is 50.1 Å². The van der Waals surface area contributed by atoms with Crippen LogP contribution in [-0.4, -0.2) is 36.1 Å². The number of hydrogen-bond acceptors (Lipinski definition) is 4. The highest BCUT2D eigenvalue weighted by Crippen LogP contribution is 2.24. The fourth-order valence-corrected chi connectivity index (χ4v) is 3.63. The normalized spacial score (nSPS) is 15.4. The van der Waals surface area contributed by atoms with Crippen LogP contribution in [0.15, 0.2) is 48.7 Å². The zero-order valence-electron chi connectivity index (χ0n) is 14.9. The van der Waals surface area contributed by atoms with Gasteiger partial charge in [0.15, 0.2) is 0 Å². The summed E-state index contributed by atoms with van der Waals surface area (Å²) in [5, 5.41) is 1.25. The molecule has 0 atom stereocenters. The maximum Gasteiger partial charge on any atom is 0.129 e. The van der Waals surface area contributed by atoms with Crippen LogP contribution >= 0.6 is 0 Å². The number of pyridine rings is 2. The van der Waals surface area contributed by atoms with E-state index < -0.39 is 0 Å². The van der Waals surface area contributed by atoms with Crippen molar-refractivity contribution >= 4 is 22.4 Å². The number of aromatic nitrogens is 2. The van der Waals surface area contributed by atoms with Gasteiger partial charge in [0, 0.05) is 49.1 Å². The Morgan fingerprint density at radius 2 is 1.68 bits per heavy atom. The van der Waals surface area contributed by atoms with Gasteiger partial charge in [0.2, 0.25) is 0 Å². The number of rotatable bonds is 2. The molecule has 0 bridgehead atoms. The van der Waals surface area contributed by atoms with Gasteiger partial charge in [-0.25, -0.2) is 4.98 Å². The zero-order valence-corrected chi connectivity index (χ0v) is 14.9. The molecule has 0 aliphatic carbocycles. The number of nitrogens with zero attached hydrogens (tertiary/aromatic N) is 4. The van der Waals surface area contributed by atoms with Crippen molar-refractivity contribution in [3.8, 4) is 0 Å². The minimum absolute atomic E-state index is 0.992. The minimum atomic E-state index is 0.992. The lowest BCUT2D eigenvalue weighted by atomic mass is 10.1. The molecule has 4 rings (SSSR count). The van der Waals surface area contributed by atoms with Crippen molar-refractivity contribution in [1.82, 2.24) is 9.97 Å². The highest BCUT2D eigenvalue weighted by molar-refractivity contribution is 5.83. The summed E-state index contributed by atoms with van der Waals surface area (Å²) < 4.78 is 0. The highest BCUT2D eigenvalue weighted by atomic mass is 15.2. The molecule has 0 saturated carbocycles. The number of aryl methyl sites for hydroxylation is 2. The van der Waals surface area contributed by atoms with E-state index in [1.165, 1.54) is 16.6 Å². The summed E-state index contributed by atoms with van der Waals surface area (Å²) in [7, 11) is 0. The van der Waals surface area contributed by atoms with Crippen LogP contribution in [0.3, 0.4) is 0 Å². The van der Waals surface area contributed by atoms with E-state index in [0.717, 1.165) is 49.6 Å². The Bertz CT molecular complexity index is 890. The van der Waals surface area contributed by atoms with Gasteiger partial charge >= 0.3 is 0 Å². The summed E-state index contributed by atoms with van der Waals surface area (Å²) in [5.74, 6) is 1.10. The van der Waals surface area contributed by atoms with Crippen molar-refractivity contribution in [2.75, 3.05) is 36.0 Å². The summed E-state index contributed by atoms with van der Waals surface area (Å²) >= 11 is 0. The number of benzene rings is 1. The van der Waals surface area contributed by atoms with E-state index in [1.54, 1.807) is 0 Å². The smallest absolute Gasteiger partial charge is 0.129 e. The van der Waals surface area contributed by atoms with E-state index in [4.69, 9.17) is 4.98 Å². The van der Waals surface area contributed by atoms with Crippen LogP contribution < -0.4 is 9.80 Å². The minimum Gasteiger partial charge on any atom is -0.370 e. The van der Waals surface area contributed by atoms with Crippen molar-refractivity contribution in [3.63, 3.8) is 0 Å². The SMILES string of the molecule is Cc1cc(N2CCCN(c3cc(C)c4ccccc4n3)CC2)ccn1. The lowest BCUT2D eigenvalue weighted by Gasteiger charge is -2.24. The second-order valence-electron chi connectivity index (χ2n) is 6.80. The summed E-state index contributed by atoms with van der Waals surface area (Å²) in [6, 6.07) is 14.9. The van der Waals surface area contributed by atoms with Gasteiger partial charge in [-0.1, -0.05) is 18.2 Å². The van der Waals surface area contributed by atoms with Crippen LogP contribution in [0.4, 0.5) is 11.5 Å². The Hall–Kier alpha value is -2.62. The highest BCUT2D eigenvalue weighted by Gasteiger charge is 2.17. The van der Waals surface area contributed by atoms with Crippen LogP contribution in [0.1, 0.15) is 17.7 Å². The molecule has 1 aromatic carbocycles. The van der Waals surface area contributed by atoms with E-state index in [0.29, 0.717) is 0 Å². The standard InChI is InChI=1S/C21H24N4/c1-16-14-21(23-20-7-4-3-6-19(16)20)25-11-5-10-24(12-13-25)18-8-9-22-17(2)15-18/h3-4,6-9,14-15H,5,10-13H2,1-2H3. The summed E-state index contributed by atoms with van der Waals surface area (Å²) in [6.45, 7) is 8.35. The fourth-order valence-electron chi connectivity index (χ4n) is 3.63. The number of anilines is 2. The third-order valence-corrected chi connectivity index (χ3v) is 4.97. The van der Waals surface area contributed by atoms with Crippen molar-refractivity contribution in [3.05, 3.63) is 59.9 Å². The summed E-state index contributed by atoms with van der Waals surface area (Å²) in [5.41, 5.74) is 4.73. The Morgan fingerprint density at radius 1 is 0.880 bits per heavy atom. The molecular weight excluding hydrogens is 308 g/mol. The first-order valence-corrected chi connectivity index (χ1v) is 9.00. The Labute approximate surface area is 149 Å². The molecule has 3 aromatic rings. The van der Waals surface area contributed by atoms with Gasteiger partial charge in [0.1, 0.15) is 5.82 Å². The van der Waals surface area contributed by atoms with Crippen LogP contribution in [-0.2, 0) is 0 Å². The largest absolute Gasteiger partial charge is 0.370 e. The molecule has 4 nitrogen and oxygen atoms in total. The molecule has 1 saturated heterocycles. The molecule has 0 amide bonds. The Kier molecular flexibility index (Phi) is 4.26. The molecule has 2 aromatic heterocycles. The molecule has 0 N–H and O–H groups in total. The van der Waals surface area contributed by atoms with Crippen molar-refractivity contribution in [2.45, 2.75) is 20.3 Å². The molecule has 128 valence electrons. The van der Waals surface area contributed by atoms with Gasteiger partial charge in [0.05, 0.1) is 5.52 Å². The molecule has 0 radical (unpaired) electrons. The van der Waals surface area contributed by atoms with Crippen LogP contribution in [0, 0.1) is 13.8 Å². The van der Waals surface area contributed by atoms with Crippen LogP contribution in [0.2, 0.25) is 0 Å². The van der Waals surface area contributed by atoms with E-state index >= 15 is 0 Å². The van der Waals surface area contributed by atoms with Crippen molar-refractivity contribution in [1.29, 1.82) is 0 Å². The van der Waals surface area contributed by atoms with Gasteiger partial charge in [-0.3, -0.25) is 4.98 Å². The average molecular weight is 332 g/mol. The molecule has 0 spiro atoms. The molecule has 4 heteroatoms. The fraction of sp³-hybridized carbons (Fsp3) is 0.333. The van der Waals surface area contributed by atoms with Gasteiger partial charge in [0.25, 0.3) is 0 Å². The molecule has 25 heavy (non-hydrogen) atoms. The quantitative estimate of drug-likeness (QED) is 0.711. The number of fused-ring (bicyclic) bond motifs is 1. The first kappa shape index (κ1) is 15.9. The number of para-hydroxylation sites is 1. The molecule has 1 fully saturated rings. The van der Waals surface area contributed by atoms with Crippen molar-refractivity contribution < 1.29 is 0 Å². The predicted octanol–water partition coefficient (Wildman–Crippen LogP) is 3.96. The average Bonchev–Trinajstić information content (AvgIpc) is 2.88. The molecule has 0 unspecified atom stereocenters. The predicted molar refractivity (Wildman–Crippen MR) is 104 cm³/mol. The van der Waals surface area contributed by atoms with E-state index in [-0.39, 0.29) is 0 Å². The maximum atomic E-state index is 4.91. The molecule has 3 heterocycles. The Balaban J connectivity index is 1.57. The second-order valence-corrected chi connectivity index (χ2v) is 6.80. The second kappa shape index (κ2) is 6.71. The lowest BCUT2D eigenvalue weighted by molar-refractivity contribution is 0.799. The van der Waals surface area contributed by atoms with Crippen LogP contribution in [0.25, 0.3) is 10.9 Å². The van der Waals surface area contributed by atoms with Crippen molar-refractivity contribution in [2.24, 2.45) is 0 Å². The number of hydrogen-bond donors (Lipinski definition) is 0. The first-order chi connectivity index (χ1) is 12.2.